The minimum absolute atomic E-state index is 0.00356. The fourth-order valence-corrected chi connectivity index (χ4v) is 6.74. The molecule has 216 valence electrons. The first kappa shape index (κ1) is 30.2. The highest BCUT2D eigenvalue weighted by molar-refractivity contribution is 7.87. The zero-order valence-corrected chi connectivity index (χ0v) is 25.5. The first-order chi connectivity index (χ1) is 19.2. The molecule has 3 aromatic carbocycles. The maximum atomic E-state index is 13.8. The Morgan fingerprint density at radius 2 is 1.27 bits per heavy atom. The second kappa shape index (κ2) is 11.6. The van der Waals surface area contributed by atoms with E-state index < -0.39 is 26.2 Å². The fraction of sp³-hybridized carbons (Fsp3) is 0.290. The van der Waals surface area contributed by atoms with Gasteiger partial charge < -0.3 is 4.18 Å². The Balaban J connectivity index is 1.65. The number of ketones is 1. The Kier molecular flexibility index (Phi) is 8.56. The molecule has 0 saturated heterocycles. The van der Waals surface area contributed by atoms with Crippen molar-refractivity contribution in [2.24, 2.45) is 11.1 Å². The van der Waals surface area contributed by atoms with Crippen LogP contribution in [0, 0.1) is 40.5 Å². The molecule has 0 heterocycles. The van der Waals surface area contributed by atoms with Crippen molar-refractivity contribution in [1.29, 1.82) is 0 Å². The summed E-state index contributed by atoms with van der Waals surface area (Å²) >= 11 is 0. The number of nitrogens with zero attached hydrogens (tertiary/aromatic N) is 1. The molecule has 0 bridgehead atoms. The number of benzene rings is 3. The molecule has 10 heteroatoms. The molecule has 1 atom stereocenters. The van der Waals surface area contributed by atoms with Gasteiger partial charge >= 0.3 is 20.2 Å². The van der Waals surface area contributed by atoms with Crippen LogP contribution in [0.15, 0.2) is 81.4 Å². The number of oxime groups is 1. The SMILES string of the molecule is CC(CC1CC(OS(=O)(=O)c2ccc(C)cc2)=C(c2c(C)cc(C)cc2C)C1=O)=NOS(=O)(=O)c1ccc(C)cc1. The molecule has 1 aliphatic rings. The zero-order chi connectivity index (χ0) is 30.1. The lowest BCUT2D eigenvalue weighted by Gasteiger charge is -2.15. The van der Waals surface area contributed by atoms with Crippen molar-refractivity contribution in [3.63, 3.8) is 0 Å². The van der Waals surface area contributed by atoms with E-state index in [2.05, 4.69) is 5.16 Å². The standard InChI is InChI=1S/C31H33NO7S2/c1-19-7-11-26(12-8-19)40(34,35)38-28-18-25(31(33)30(28)29-22(4)15-21(3)16-23(29)5)17-24(6)32-39-41(36,37)27-13-9-20(2)10-14-27/h7-16,25H,17-18H2,1-6H3. The van der Waals surface area contributed by atoms with Gasteiger partial charge in [0.05, 0.1) is 11.3 Å². The molecule has 0 aliphatic heterocycles. The van der Waals surface area contributed by atoms with E-state index in [1.165, 1.54) is 24.3 Å². The number of carbonyl (C=O) groups is 1. The smallest absolute Gasteiger partial charge is 0.358 e. The van der Waals surface area contributed by atoms with Crippen LogP contribution < -0.4 is 0 Å². The number of aryl methyl sites for hydroxylation is 5. The summed E-state index contributed by atoms with van der Waals surface area (Å²) in [7, 11) is -8.36. The van der Waals surface area contributed by atoms with Crippen LogP contribution >= 0.6 is 0 Å². The minimum atomic E-state index is -4.22. The summed E-state index contributed by atoms with van der Waals surface area (Å²) in [5, 5.41) is 3.79. The lowest BCUT2D eigenvalue weighted by molar-refractivity contribution is -0.116. The Bertz CT molecular complexity index is 1750. The molecule has 0 fully saturated rings. The van der Waals surface area contributed by atoms with Gasteiger partial charge in [-0.3, -0.25) is 9.08 Å². The number of carbonyl (C=O) groups excluding carboxylic acids is 1. The highest BCUT2D eigenvalue weighted by Gasteiger charge is 2.39. The predicted molar refractivity (Wildman–Crippen MR) is 157 cm³/mol. The number of hydrogen-bond acceptors (Lipinski definition) is 8. The van der Waals surface area contributed by atoms with E-state index in [1.54, 1.807) is 31.2 Å². The summed E-state index contributed by atoms with van der Waals surface area (Å²) in [6, 6.07) is 16.3. The van der Waals surface area contributed by atoms with Crippen LogP contribution in [0.5, 0.6) is 0 Å². The molecule has 0 aromatic heterocycles. The van der Waals surface area contributed by atoms with Crippen LogP contribution in [0.4, 0.5) is 0 Å². The summed E-state index contributed by atoms with van der Waals surface area (Å²) in [4.78, 5) is 13.8. The maximum absolute atomic E-state index is 13.8. The summed E-state index contributed by atoms with van der Waals surface area (Å²) < 4.78 is 62.1. The Morgan fingerprint density at radius 1 is 0.780 bits per heavy atom. The summed E-state index contributed by atoms with van der Waals surface area (Å²) in [5.74, 6) is -0.968. The number of Topliss-reactive ketones (excluding diaryl/α,β-unsaturated/α-hetero) is 1. The third-order valence-electron chi connectivity index (χ3n) is 6.92. The maximum Gasteiger partial charge on any atom is 0.358 e. The predicted octanol–water partition coefficient (Wildman–Crippen LogP) is 6.11. The first-order valence-corrected chi connectivity index (χ1v) is 15.9. The van der Waals surface area contributed by atoms with Crippen molar-refractivity contribution in [1.82, 2.24) is 0 Å². The van der Waals surface area contributed by atoms with Crippen molar-refractivity contribution < 1.29 is 30.1 Å². The molecular weight excluding hydrogens is 562 g/mol. The fourth-order valence-electron chi connectivity index (χ4n) is 4.98. The molecule has 0 N–H and O–H groups in total. The van der Waals surface area contributed by atoms with Gasteiger partial charge in [-0.05, 0) is 88.9 Å². The number of hydrogen-bond donors (Lipinski definition) is 0. The molecule has 0 spiro atoms. The van der Waals surface area contributed by atoms with Gasteiger partial charge in [0.15, 0.2) is 5.78 Å². The van der Waals surface area contributed by atoms with Crippen LogP contribution in [-0.4, -0.2) is 28.3 Å². The quantitative estimate of drug-likeness (QED) is 0.167. The summed E-state index contributed by atoms with van der Waals surface area (Å²) in [6.45, 7) is 10.9. The van der Waals surface area contributed by atoms with Crippen LogP contribution in [0.1, 0.15) is 53.1 Å². The molecule has 1 aliphatic carbocycles. The Morgan fingerprint density at radius 3 is 1.78 bits per heavy atom. The normalized spacial score (nSPS) is 16.3. The molecule has 3 aromatic rings. The molecule has 4 rings (SSSR count). The van der Waals surface area contributed by atoms with E-state index in [-0.39, 0.29) is 45.5 Å². The Labute approximate surface area is 242 Å². The van der Waals surface area contributed by atoms with Gasteiger partial charge in [-0.1, -0.05) is 58.2 Å². The molecule has 8 nitrogen and oxygen atoms in total. The number of rotatable bonds is 9. The van der Waals surface area contributed by atoms with E-state index in [1.807, 2.05) is 46.8 Å². The van der Waals surface area contributed by atoms with Crippen LogP contribution in [0.2, 0.25) is 0 Å². The third kappa shape index (κ3) is 6.77. The molecular formula is C31H33NO7S2. The highest BCUT2D eigenvalue weighted by atomic mass is 32.2. The minimum Gasteiger partial charge on any atom is -0.383 e. The highest BCUT2D eigenvalue weighted by Crippen LogP contribution is 2.41. The van der Waals surface area contributed by atoms with Crippen molar-refractivity contribution in [2.45, 2.75) is 64.2 Å². The van der Waals surface area contributed by atoms with Crippen molar-refractivity contribution in [2.75, 3.05) is 0 Å². The second-order valence-electron chi connectivity index (χ2n) is 10.6. The van der Waals surface area contributed by atoms with E-state index in [0.717, 1.165) is 27.8 Å². The molecule has 1 unspecified atom stereocenters. The summed E-state index contributed by atoms with van der Waals surface area (Å²) in [6.07, 6.45) is 0.0523. The third-order valence-corrected chi connectivity index (χ3v) is 9.31. The monoisotopic (exact) mass is 595 g/mol. The van der Waals surface area contributed by atoms with E-state index >= 15 is 0 Å². The van der Waals surface area contributed by atoms with Gasteiger partial charge in [-0.25, -0.2) is 0 Å². The lowest BCUT2D eigenvalue weighted by Crippen LogP contribution is -2.15. The first-order valence-electron chi connectivity index (χ1n) is 13.1. The molecule has 0 saturated carbocycles. The lowest BCUT2D eigenvalue weighted by atomic mass is 9.90. The Hall–Kier alpha value is -3.76. The van der Waals surface area contributed by atoms with Crippen LogP contribution in [-0.2, 0) is 33.5 Å². The average Bonchev–Trinajstić information content (AvgIpc) is 3.16. The van der Waals surface area contributed by atoms with Crippen molar-refractivity contribution in [3.8, 4) is 0 Å². The summed E-state index contributed by atoms with van der Waals surface area (Å²) in [5.41, 5.74) is 5.54. The van der Waals surface area contributed by atoms with Gasteiger partial charge in [0.25, 0.3) is 0 Å². The number of allylic oxidation sites excluding steroid dienone is 2. The van der Waals surface area contributed by atoms with Gasteiger partial charge in [0.2, 0.25) is 0 Å². The van der Waals surface area contributed by atoms with Crippen molar-refractivity contribution in [3.05, 3.63) is 99.8 Å². The topological polar surface area (TPSA) is 116 Å². The van der Waals surface area contributed by atoms with Gasteiger partial charge in [0, 0.05) is 12.3 Å². The van der Waals surface area contributed by atoms with Gasteiger partial charge in [0.1, 0.15) is 15.6 Å². The van der Waals surface area contributed by atoms with Crippen LogP contribution in [0.25, 0.3) is 5.57 Å². The second-order valence-corrected chi connectivity index (χ2v) is 13.6. The van der Waals surface area contributed by atoms with Gasteiger partial charge in [-0.15, -0.1) is 0 Å². The van der Waals surface area contributed by atoms with Gasteiger partial charge in [-0.2, -0.15) is 16.8 Å². The molecule has 0 radical (unpaired) electrons. The van der Waals surface area contributed by atoms with E-state index in [9.17, 15) is 21.6 Å². The zero-order valence-electron chi connectivity index (χ0n) is 23.9. The largest absolute Gasteiger partial charge is 0.383 e. The van der Waals surface area contributed by atoms with E-state index in [4.69, 9.17) is 8.47 Å². The average molecular weight is 596 g/mol. The molecule has 41 heavy (non-hydrogen) atoms. The van der Waals surface area contributed by atoms with E-state index in [0.29, 0.717) is 5.56 Å². The van der Waals surface area contributed by atoms with Crippen LogP contribution in [0.3, 0.4) is 0 Å². The molecule has 0 amide bonds. The van der Waals surface area contributed by atoms with Crippen molar-refractivity contribution >= 4 is 37.3 Å².